The number of hydrogen-bond acceptors (Lipinski definition) is 2. The number of hydrogen-bond donors (Lipinski definition) is 1. The van der Waals surface area contributed by atoms with Crippen LogP contribution in [0.1, 0.15) is 56.6 Å². The SMILES string of the molecule is CCC1CCCC(N)(Cc2cc(C)ccc2OC)CC1. The highest BCUT2D eigenvalue weighted by Crippen LogP contribution is 2.34. The monoisotopic (exact) mass is 275 g/mol. The minimum atomic E-state index is -0.0506. The summed E-state index contributed by atoms with van der Waals surface area (Å²) >= 11 is 0. The van der Waals surface area contributed by atoms with Crippen molar-refractivity contribution in [3.05, 3.63) is 29.3 Å². The molecule has 0 radical (unpaired) electrons. The van der Waals surface area contributed by atoms with Crippen molar-refractivity contribution in [2.45, 2.75) is 64.3 Å². The highest BCUT2D eigenvalue weighted by Gasteiger charge is 2.30. The molecule has 1 aromatic carbocycles. The van der Waals surface area contributed by atoms with E-state index in [2.05, 4.69) is 32.0 Å². The van der Waals surface area contributed by atoms with E-state index in [4.69, 9.17) is 10.5 Å². The zero-order valence-electron chi connectivity index (χ0n) is 13.2. The molecule has 1 aliphatic rings. The van der Waals surface area contributed by atoms with Crippen LogP contribution in [0.25, 0.3) is 0 Å². The zero-order valence-corrected chi connectivity index (χ0v) is 13.2. The maximum atomic E-state index is 6.73. The Balaban J connectivity index is 2.13. The van der Waals surface area contributed by atoms with Crippen molar-refractivity contribution in [3.8, 4) is 5.75 Å². The average molecular weight is 275 g/mol. The number of nitrogens with two attached hydrogens (primary N) is 1. The number of methoxy groups -OCH3 is 1. The summed E-state index contributed by atoms with van der Waals surface area (Å²) in [6.45, 7) is 4.43. The van der Waals surface area contributed by atoms with Gasteiger partial charge in [-0.2, -0.15) is 0 Å². The molecule has 2 nitrogen and oxygen atoms in total. The van der Waals surface area contributed by atoms with Crippen molar-refractivity contribution in [1.82, 2.24) is 0 Å². The molecule has 1 aromatic rings. The fourth-order valence-corrected chi connectivity index (χ4v) is 3.51. The normalized spacial score (nSPS) is 27.1. The van der Waals surface area contributed by atoms with E-state index < -0.39 is 0 Å². The second-order valence-corrected chi connectivity index (χ2v) is 6.56. The van der Waals surface area contributed by atoms with Gasteiger partial charge in [-0.3, -0.25) is 0 Å². The van der Waals surface area contributed by atoms with Gasteiger partial charge in [-0.1, -0.05) is 43.9 Å². The molecule has 1 aliphatic carbocycles. The number of benzene rings is 1. The van der Waals surface area contributed by atoms with E-state index >= 15 is 0 Å². The first-order valence-corrected chi connectivity index (χ1v) is 7.99. The first-order chi connectivity index (χ1) is 9.56. The third-order valence-corrected chi connectivity index (χ3v) is 4.89. The van der Waals surface area contributed by atoms with Gasteiger partial charge in [-0.15, -0.1) is 0 Å². The lowest BCUT2D eigenvalue weighted by Gasteiger charge is -2.29. The Bertz CT molecular complexity index is 443. The van der Waals surface area contributed by atoms with Crippen LogP contribution in [0.15, 0.2) is 18.2 Å². The van der Waals surface area contributed by atoms with E-state index in [-0.39, 0.29) is 5.54 Å². The Kier molecular flexibility index (Phi) is 5.09. The van der Waals surface area contributed by atoms with E-state index in [0.717, 1.165) is 30.9 Å². The van der Waals surface area contributed by atoms with Crippen LogP contribution >= 0.6 is 0 Å². The molecule has 112 valence electrons. The molecule has 1 fully saturated rings. The molecular formula is C18H29NO. The second kappa shape index (κ2) is 6.62. The third kappa shape index (κ3) is 3.76. The first kappa shape index (κ1) is 15.4. The van der Waals surface area contributed by atoms with Crippen LogP contribution in [0.5, 0.6) is 5.75 Å². The van der Waals surface area contributed by atoms with E-state index in [1.165, 1.54) is 36.8 Å². The Labute approximate surface area is 123 Å². The van der Waals surface area contributed by atoms with Crippen molar-refractivity contribution in [2.75, 3.05) is 7.11 Å². The Morgan fingerprint density at radius 2 is 2.10 bits per heavy atom. The zero-order chi connectivity index (χ0) is 14.6. The van der Waals surface area contributed by atoms with E-state index in [0.29, 0.717) is 0 Å². The minimum absolute atomic E-state index is 0.0506. The van der Waals surface area contributed by atoms with Gasteiger partial charge in [0.2, 0.25) is 0 Å². The molecule has 1 saturated carbocycles. The molecule has 0 heterocycles. The van der Waals surface area contributed by atoms with Crippen LogP contribution in [0.2, 0.25) is 0 Å². The largest absolute Gasteiger partial charge is 0.496 e. The summed E-state index contributed by atoms with van der Waals surface area (Å²) in [7, 11) is 1.75. The number of ether oxygens (including phenoxy) is 1. The maximum Gasteiger partial charge on any atom is 0.122 e. The molecule has 2 rings (SSSR count). The van der Waals surface area contributed by atoms with Gasteiger partial charge in [0.15, 0.2) is 0 Å². The molecule has 2 unspecified atom stereocenters. The summed E-state index contributed by atoms with van der Waals surface area (Å²) < 4.78 is 5.50. The predicted octanol–water partition coefficient (Wildman–Crippen LogP) is 4.23. The Morgan fingerprint density at radius 3 is 2.80 bits per heavy atom. The number of aryl methyl sites for hydroxylation is 1. The topological polar surface area (TPSA) is 35.2 Å². The van der Waals surface area contributed by atoms with Crippen LogP contribution in [0, 0.1) is 12.8 Å². The highest BCUT2D eigenvalue weighted by atomic mass is 16.5. The lowest BCUT2D eigenvalue weighted by Crippen LogP contribution is -2.41. The van der Waals surface area contributed by atoms with E-state index in [9.17, 15) is 0 Å². The molecule has 2 atom stereocenters. The fourth-order valence-electron chi connectivity index (χ4n) is 3.51. The summed E-state index contributed by atoms with van der Waals surface area (Å²) in [6.07, 6.45) is 8.41. The lowest BCUT2D eigenvalue weighted by molar-refractivity contribution is 0.348. The average Bonchev–Trinajstić information content (AvgIpc) is 2.61. The smallest absolute Gasteiger partial charge is 0.122 e. The van der Waals surface area contributed by atoms with Crippen LogP contribution in [-0.4, -0.2) is 12.6 Å². The molecule has 2 N–H and O–H groups in total. The van der Waals surface area contributed by atoms with Crippen molar-refractivity contribution in [2.24, 2.45) is 11.7 Å². The van der Waals surface area contributed by atoms with Crippen molar-refractivity contribution in [3.63, 3.8) is 0 Å². The van der Waals surface area contributed by atoms with Crippen molar-refractivity contribution >= 4 is 0 Å². The lowest BCUT2D eigenvalue weighted by atomic mass is 9.84. The van der Waals surface area contributed by atoms with E-state index in [1.54, 1.807) is 7.11 Å². The van der Waals surface area contributed by atoms with Gasteiger partial charge in [-0.05, 0) is 50.2 Å². The van der Waals surface area contributed by atoms with Gasteiger partial charge in [-0.25, -0.2) is 0 Å². The highest BCUT2D eigenvalue weighted by molar-refractivity contribution is 5.38. The van der Waals surface area contributed by atoms with Crippen LogP contribution < -0.4 is 10.5 Å². The van der Waals surface area contributed by atoms with Gasteiger partial charge in [0, 0.05) is 5.54 Å². The summed E-state index contributed by atoms with van der Waals surface area (Å²) in [5.74, 6) is 1.86. The minimum Gasteiger partial charge on any atom is -0.496 e. The van der Waals surface area contributed by atoms with Gasteiger partial charge in [0.05, 0.1) is 7.11 Å². The summed E-state index contributed by atoms with van der Waals surface area (Å²) in [5, 5.41) is 0. The summed E-state index contributed by atoms with van der Waals surface area (Å²) in [6, 6.07) is 6.40. The molecule has 2 heteroatoms. The fraction of sp³-hybridized carbons (Fsp3) is 0.667. The van der Waals surface area contributed by atoms with Crippen LogP contribution in [0.4, 0.5) is 0 Å². The predicted molar refractivity (Wildman–Crippen MR) is 85.2 cm³/mol. The molecular weight excluding hydrogens is 246 g/mol. The molecule has 0 amide bonds. The van der Waals surface area contributed by atoms with E-state index in [1.807, 2.05) is 0 Å². The first-order valence-electron chi connectivity index (χ1n) is 7.99. The summed E-state index contributed by atoms with van der Waals surface area (Å²) in [4.78, 5) is 0. The third-order valence-electron chi connectivity index (χ3n) is 4.89. The molecule has 0 saturated heterocycles. The van der Waals surface area contributed by atoms with Crippen molar-refractivity contribution < 1.29 is 4.74 Å². The van der Waals surface area contributed by atoms with Crippen LogP contribution in [0.3, 0.4) is 0 Å². The molecule has 0 bridgehead atoms. The second-order valence-electron chi connectivity index (χ2n) is 6.56. The van der Waals surface area contributed by atoms with Crippen LogP contribution in [-0.2, 0) is 6.42 Å². The van der Waals surface area contributed by atoms with Crippen molar-refractivity contribution in [1.29, 1.82) is 0 Å². The molecule has 0 aromatic heterocycles. The quantitative estimate of drug-likeness (QED) is 0.834. The maximum absolute atomic E-state index is 6.73. The molecule has 0 aliphatic heterocycles. The molecule has 20 heavy (non-hydrogen) atoms. The Hall–Kier alpha value is -1.02. The van der Waals surface area contributed by atoms with Gasteiger partial charge in [0.1, 0.15) is 5.75 Å². The van der Waals surface area contributed by atoms with Gasteiger partial charge >= 0.3 is 0 Å². The number of rotatable bonds is 4. The van der Waals surface area contributed by atoms with Gasteiger partial charge in [0.25, 0.3) is 0 Å². The molecule has 0 spiro atoms. The standard InChI is InChI=1S/C18H29NO/c1-4-15-6-5-10-18(19,11-9-15)13-16-12-14(2)7-8-17(16)20-3/h7-8,12,15H,4-6,9-11,13,19H2,1-3H3. The Morgan fingerprint density at radius 1 is 1.30 bits per heavy atom. The summed E-state index contributed by atoms with van der Waals surface area (Å²) in [5.41, 5.74) is 9.23. The van der Waals surface area contributed by atoms with Gasteiger partial charge < -0.3 is 10.5 Å².